The number of aromatic nitrogens is 2. The van der Waals surface area contributed by atoms with Gasteiger partial charge in [0.15, 0.2) is 5.69 Å². The van der Waals surface area contributed by atoms with Crippen LogP contribution in [0.25, 0.3) is 0 Å². The Hall–Kier alpha value is -1.23. The van der Waals surface area contributed by atoms with Crippen LogP contribution in [0.5, 0.6) is 0 Å². The van der Waals surface area contributed by atoms with E-state index in [4.69, 9.17) is 34.8 Å². The Balaban J connectivity index is 2.07. The summed E-state index contributed by atoms with van der Waals surface area (Å²) < 4.78 is 1.78. The number of unbranched alkanes of at least 4 members (excludes halogenated alkanes) is 1. The summed E-state index contributed by atoms with van der Waals surface area (Å²) in [6, 6.07) is 5.22. The number of carbonyl (C=O) groups excluding carboxylic acids is 1. The molecule has 0 unspecified atom stereocenters. The highest BCUT2D eigenvalue weighted by Gasteiger charge is 2.19. The fraction of sp³-hybridized carbons (Fsp3) is 0.375. The van der Waals surface area contributed by atoms with Gasteiger partial charge in [0, 0.05) is 13.1 Å². The Labute approximate surface area is 150 Å². The number of benzene rings is 1. The van der Waals surface area contributed by atoms with Crippen molar-refractivity contribution in [2.75, 3.05) is 0 Å². The lowest BCUT2D eigenvalue weighted by molar-refractivity contribution is 0.0945. The predicted octanol–water partition coefficient (Wildman–Crippen LogP) is 4.88. The van der Waals surface area contributed by atoms with Crippen molar-refractivity contribution in [3.05, 3.63) is 50.2 Å². The maximum absolute atomic E-state index is 12.3. The molecule has 2 rings (SSSR count). The summed E-state index contributed by atoms with van der Waals surface area (Å²) in [6.07, 6.45) is 2.04. The largest absolute Gasteiger partial charge is 0.347 e. The summed E-state index contributed by atoms with van der Waals surface area (Å²) in [5, 5.41) is 8.45. The van der Waals surface area contributed by atoms with Crippen molar-refractivity contribution < 1.29 is 4.79 Å². The van der Waals surface area contributed by atoms with E-state index in [1.54, 1.807) is 22.9 Å². The lowest BCUT2D eigenvalue weighted by Crippen LogP contribution is -2.23. The zero-order valence-corrected chi connectivity index (χ0v) is 15.3. The molecule has 0 atom stereocenters. The van der Waals surface area contributed by atoms with Crippen LogP contribution in [0.4, 0.5) is 0 Å². The third kappa shape index (κ3) is 4.40. The molecule has 2 aromatic rings. The van der Waals surface area contributed by atoms with Crippen molar-refractivity contribution in [3.63, 3.8) is 0 Å². The number of nitrogens with one attached hydrogen (secondary N) is 1. The molecule has 0 bridgehead atoms. The van der Waals surface area contributed by atoms with Crippen LogP contribution in [0, 0.1) is 6.92 Å². The van der Waals surface area contributed by atoms with Gasteiger partial charge in [0.1, 0.15) is 0 Å². The standard InChI is InChI=1S/C16H18Cl3N3O/c1-3-4-7-22-10(2)14(19)15(21-22)16(23)20-9-11-5-6-12(17)13(18)8-11/h5-6,8H,3-4,7,9H2,1-2H3,(H,20,23). The van der Waals surface area contributed by atoms with Crippen LogP contribution in [0.1, 0.15) is 41.5 Å². The van der Waals surface area contributed by atoms with Gasteiger partial charge in [0.2, 0.25) is 0 Å². The second kappa shape index (κ2) is 8.04. The van der Waals surface area contributed by atoms with Crippen LogP contribution in [0.3, 0.4) is 0 Å². The van der Waals surface area contributed by atoms with Gasteiger partial charge in [-0.1, -0.05) is 54.2 Å². The first-order valence-electron chi connectivity index (χ1n) is 7.39. The molecule has 1 heterocycles. The first kappa shape index (κ1) is 18.1. The summed E-state index contributed by atoms with van der Waals surface area (Å²) in [5.74, 6) is -0.306. The number of halogens is 3. The quantitative estimate of drug-likeness (QED) is 0.783. The van der Waals surface area contributed by atoms with Gasteiger partial charge in [0.05, 0.1) is 20.8 Å². The SMILES string of the molecule is CCCCn1nc(C(=O)NCc2ccc(Cl)c(Cl)c2)c(Cl)c1C. The molecule has 124 valence electrons. The molecule has 0 radical (unpaired) electrons. The fourth-order valence-electron chi connectivity index (χ4n) is 2.11. The second-order valence-corrected chi connectivity index (χ2v) is 6.45. The smallest absolute Gasteiger partial charge is 0.273 e. The number of aryl methyl sites for hydroxylation is 1. The van der Waals surface area contributed by atoms with Gasteiger partial charge in [-0.2, -0.15) is 5.10 Å². The molecule has 0 aliphatic heterocycles. The first-order chi connectivity index (χ1) is 10.9. The van der Waals surface area contributed by atoms with Crippen LogP contribution < -0.4 is 5.32 Å². The topological polar surface area (TPSA) is 46.9 Å². The number of hydrogen-bond donors (Lipinski definition) is 1. The average molecular weight is 375 g/mol. The Morgan fingerprint density at radius 1 is 1.26 bits per heavy atom. The Morgan fingerprint density at radius 3 is 2.65 bits per heavy atom. The number of nitrogens with zero attached hydrogens (tertiary/aromatic N) is 2. The van der Waals surface area contributed by atoms with E-state index in [1.165, 1.54) is 0 Å². The van der Waals surface area contributed by atoms with E-state index in [0.29, 0.717) is 21.6 Å². The van der Waals surface area contributed by atoms with Crippen LogP contribution in [0.2, 0.25) is 15.1 Å². The van der Waals surface area contributed by atoms with E-state index >= 15 is 0 Å². The molecule has 1 N–H and O–H groups in total. The highest BCUT2D eigenvalue weighted by atomic mass is 35.5. The normalized spacial score (nSPS) is 10.8. The minimum atomic E-state index is -0.306. The molecule has 0 spiro atoms. The van der Waals surface area contributed by atoms with Gasteiger partial charge >= 0.3 is 0 Å². The van der Waals surface area contributed by atoms with Crippen LogP contribution in [0.15, 0.2) is 18.2 Å². The summed E-state index contributed by atoms with van der Waals surface area (Å²) >= 11 is 18.1. The summed E-state index contributed by atoms with van der Waals surface area (Å²) in [6.45, 7) is 5.04. The summed E-state index contributed by atoms with van der Waals surface area (Å²) in [5.41, 5.74) is 1.91. The van der Waals surface area contributed by atoms with Crippen molar-refractivity contribution in [3.8, 4) is 0 Å². The number of carbonyl (C=O) groups is 1. The zero-order chi connectivity index (χ0) is 17.0. The van der Waals surface area contributed by atoms with Crippen molar-refractivity contribution in [1.82, 2.24) is 15.1 Å². The maximum atomic E-state index is 12.3. The summed E-state index contributed by atoms with van der Waals surface area (Å²) in [7, 11) is 0. The van der Waals surface area contributed by atoms with Crippen LogP contribution in [-0.4, -0.2) is 15.7 Å². The van der Waals surface area contributed by atoms with Gasteiger partial charge < -0.3 is 5.32 Å². The molecular weight excluding hydrogens is 357 g/mol. The molecule has 0 fully saturated rings. The molecule has 1 amide bonds. The van der Waals surface area contributed by atoms with Crippen LogP contribution in [-0.2, 0) is 13.1 Å². The molecule has 4 nitrogen and oxygen atoms in total. The zero-order valence-electron chi connectivity index (χ0n) is 13.0. The maximum Gasteiger partial charge on any atom is 0.273 e. The van der Waals surface area contributed by atoms with E-state index in [0.717, 1.165) is 30.6 Å². The third-order valence-corrected chi connectivity index (χ3v) is 4.70. The summed E-state index contributed by atoms with van der Waals surface area (Å²) in [4.78, 5) is 12.3. The predicted molar refractivity (Wildman–Crippen MR) is 94.5 cm³/mol. The Kier molecular flexibility index (Phi) is 6.33. The van der Waals surface area contributed by atoms with E-state index < -0.39 is 0 Å². The fourth-order valence-corrected chi connectivity index (χ4v) is 2.65. The Morgan fingerprint density at radius 2 is 2.00 bits per heavy atom. The van der Waals surface area contributed by atoms with E-state index in [2.05, 4.69) is 17.3 Å². The molecule has 7 heteroatoms. The van der Waals surface area contributed by atoms with Crippen molar-refractivity contribution in [2.45, 2.75) is 39.8 Å². The minimum Gasteiger partial charge on any atom is -0.347 e. The highest BCUT2D eigenvalue weighted by molar-refractivity contribution is 6.42. The van der Waals surface area contributed by atoms with Gasteiger partial charge in [0.25, 0.3) is 5.91 Å². The van der Waals surface area contributed by atoms with E-state index in [9.17, 15) is 4.79 Å². The molecule has 0 aliphatic rings. The Bertz CT molecular complexity index is 713. The average Bonchev–Trinajstić information content (AvgIpc) is 2.82. The van der Waals surface area contributed by atoms with Gasteiger partial charge in [-0.25, -0.2) is 0 Å². The van der Waals surface area contributed by atoms with Gasteiger partial charge in [-0.05, 0) is 31.0 Å². The minimum absolute atomic E-state index is 0.250. The van der Waals surface area contributed by atoms with Gasteiger partial charge in [-0.15, -0.1) is 0 Å². The molecule has 0 aliphatic carbocycles. The monoisotopic (exact) mass is 373 g/mol. The number of amides is 1. The van der Waals surface area contributed by atoms with E-state index in [-0.39, 0.29) is 11.6 Å². The van der Waals surface area contributed by atoms with Crippen molar-refractivity contribution in [2.24, 2.45) is 0 Å². The lowest BCUT2D eigenvalue weighted by Gasteiger charge is -2.05. The molecular formula is C16H18Cl3N3O. The number of rotatable bonds is 6. The number of hydrogen-bond acceptors (Lipinski definition) is 2. The second-order valence-electron chi connectivity index (χ2n) is 5.26. The van der Waals surface area contributed by atoms with E-state index in [1.807, 2.05) is 6.92 Å². The molecule has 1 aromatic carbocycles. The molecule has 1 aromatic heterocycles. The van der Waals surface area contributed by atoms with Gasteiger partial charge in [-0.3, -0.25) is 9.48 Å². The third-order valence-electron chi connectivity index (χ3n) is 3.51. The lowest BCUT2D eigenvalue weighted by atomic mass is 10.2. The molecule has 23 heavy (non-hydrogen) atoms. The van der Waals surface area contributed by atoms with Crippen molar-refractivity contribution >= 4 is 40.7 Å². The first-order valence-corrected chi connectivity index (χ1v) is 8.52. The molecule has 0 saturated heterocycles. The highest BCUT2D eigenvalue weighted by Crippen LogP contribution is 2.23. The van der Waals surface area contributed by atoms with Crippen molar-refractivity contribution in [1.29, 1.82) is 0 Å². The molecule has 0 saturated carbocycles. The van der Waals surface area contributed by atoms with Crippen LogP contribution >= 0.6 is 34.8 Å².